The second kappa shape index (κ2) is 10.7. The Morgan fingerprint density at radius 1 is 0.889 bits per heavy atom. The topological polar surface area (TPSA) is 83.8 Å². The lowest BCUT2D eigenvalue weighted by Crippen LogP contribution is -2.38. The molecule has 1 aliphatic rings. The third-order valence-corrected chi connectivity index (χ3v) is 7.22. The first-order valence-electron chi connectivity index (χ1n) is 12.0. The van der Waals surface area contributed by atoms with E-state index in [-0.39, 0.29) is 17.5 Å². The van der Waals surface area contributed by atoms with Crippen molar-refractivity contribution >= 4 is 28.1 Å². The molecule has 0 atom stereocenters. The number of carboxylic acids is 1. The first-order chi connectivity index (χ1) is 17.7. The molecule has 0 amide bonds. The second-order valence-electron chi connectivity index (χ2n) is 8.77. The molecule has 0 radical (unpaired) electrons. The smallest absolute Gasteiger partial charge is 0.360 e. The van der Waals surface area contributed by atoms with E-state index >= 15 is 0 Å². The van der Waals surface area contributed by atoms with Gasteiger partial charge in [-0.05, 0) is 42.4 Å². The maximum absolute atomic E-state index is 12.0. The van der Waals surface area contributed by atoms with Crippen LogP contribution in [0.2, 0.25) is 0 Å². The van der Waals surface area contributed by atoms with Crippen molar-refractivity contribution in [3.05, 3.63) is 119 Å². The lowest BCUT2D eigenvalue weighted by molar-refractivity contribution is -0.129. The molecule has 1 aromatic heterocycles. The van der Waals surface area contributed by atoms with E-state index in [1.165, 1.54) is 11.3 Å². The van der Waals surface area contributed by atoms with E-state index in [9.17, 15) is 9.90 Å². The highest BCUT2D eigenvalue weighted by Gasteiger charge is 2.37. The van der Waals surface area contributed by atoms with Gasteiger partial charge in [-0.25, -0.2) is 9.78 Å². The van der Waals surface area contributed by atoms with Gasteiger partial charge in [0.15, 0.2) is 5.13 Å². The van der Waals surface area contributed by atoms with Crippen LogP contribution >= 0.6 is 11.3 Å². The Morgan fingerprint density at radius 2 is 1.39 bits per heavy atom. The number of carbonyl (C=O) groups is 1. The Labute approximate surface area is 214 Å². The number of thiazole rings is 1. The van der Waals surface area contributed by atoms with Gasteiger partial charge in [-0.1, -0.05) is 96.2 Å². The molecule has 1 heterocycles. The molecule has 0 unspecified atom stereocenters. The minimum atomic E-state index is -1.16. The van der Waals surface area contributed by atoms with Gasteiger partial charge in [0, 0.05) is 5.38 Å². The van der Waals surface area contributed by atoms with Gasteiger partial charge in [-0.15, -0.1) is 11.3 Å². The number of carboxylic acid groups (broad SMARTS) is 1. The Hall–Kier alpha value is -3.97. The number of rotatable bonds is 9. The number of nitrogens with one attached hydrogen (secondary N) is 1. The van der Waals surface area contributed by atoms with Crippen molar-refractivity contribution in [3.8, 4) is 0 Å². The molecule has 2 N–H and O–H groups in total. The maximum Gasteiger partial charge on any atom is 0.360 e. The molecule has 0 spiro atoms. The van der Waals surface area contributed by atoms with E-state index in [4.69, 9.17) is 4.84 Å². The number of anilines is 1. The first-order valence-corrected chi connectivity index (χ1v) is 12.9. The summed E-state index contributed by atoms with van der Waals surface area (Å²) in [7, 11) is 0. The number of hydrogen-bond acceptors (Lipinski definition) is 6. The van der Waals surface area contributed by atoms with Crippen LogP contribution in [0.4, 0.5) is 5.13 Å². The lowest BCUT2D eigenvalue weighted by Gasteiger charge is -2.36. The molecular weight excluding hydrogens is 470 g/mol. The van der Waals surface area contributed by atoms with Crippen LogP contribution in [-0.2, 0) is 15.2 Å². The van der Waals surface area contributed by atoms with E-state index < -0.39 is 11.5 Å². The third-order valence-electron chi connectivity index (χ3n) is 6.46. The first kappa shape index (κ1) is 23.8. The summed E-state index contributed by atoms with van der Waals surface area (Å²) in [6.45, 7) is 0. The van der Waals surface area contributed by atoms with Crippen molar-refractivity contribution in [1.82, 2.24) is 4.98 Å². The van der Waals surface area contributed by atoms with Crippen LogP contribution in [0.1, 0.15) is 48.1 Å². The van der Waals surface area contributed by atoms with Crippen molar-refractivity contribution in [2.45, 2.75) is 37.3 Å². The molecule has 1 saturated carbocycles. The Bertz CT molecular complexity index is 1220. The van der Waals surface area contributed by atoms with Gasteiger partial charge >= 0.3 is 5.97 Å². The van der Waals surface area contributed by atoms with Gasteiger partial charge in [0.2, 0.25) is 5.71 Å². The number of nitrogens with zero attached hydrogens (tertiary/aromatic N) is 2. The number of hydrogen-bond donors (Lipinski definition) is 2. The Balaban J connectivity index is 1.57. The Kier molecular flexibility index (Phi) is 7.09. The summed E-state index contributed by atoms with van der Waals surface area (Å²) in [6.07, 6.45) is 3.92. The van der Waals surface area contributed by atoms with Crippen LogP contribution in [-0.4, -0.2) is 27.9 Å². The second-order valence-corrected chi connectivity index (χ2v) is 9.63. The fraction of sp³-hybridized carbons (Fsp3) is 0.207. The largest absolute Gasteiger partial charge is 0.476 e. The average molecular weight is 498 g/mol. The summed E-state index contributed by atoms with van der Waals surface area (Å²) in [5.41, 5.74) is 2.45. The molecule has 0 saturated heterocycles. The summed E-state index contributed by atoms with van der Waals surface area (Å²) >= 11 is 1.34. The van der Waals surface area contributed by atoms with Crippen molar-refractivity contribution in [1.29, 1.82) is 0 Å². The van der Waals surface area contributed by atoms with Crippen LogP contribution in [0.15, 0.2) is 102 Å². The molecule has 182 valence electrons. The standard InChI is InChI=1S/C29H27N3O3S/c33-27(34)26(32-35-24-18-10-11-19-24)25-20-36-28(30-25)31-29(21-12-4-1-5-13-21,22-14-6-2-7-15-22)23-16-8-3-9-17-23/h1-9,12-17,20,24H,10-11,18-19H2,(H,30,31)(H,33,34)/b32-26+. The zero-order chi connectivity index (χ0) is 24.8. The summed E-state index contributed by atoms with van der Waals surface area (Å²) in [4.78, 5) is 22.2. The van der Waals surface area contributed by atoms with Crippen molar-refractivity contribution in [2.75, 3.05) is 5.32 Å². The number of oxime groups is 1. The van der Waals surface area contributed by atoms with E-state index in [1.54, 1.807) is 5.38 Å². The maximum atomic E-state index is 12.0. The lowest BCUT2D eigenvalue weighted by atomic mass is 9.77. The average Bonchev–Trinajstić information content (AvgIpc) is 3.61. The number of aromatic nitrogens is 1. The molecule has 1 aliphatic carbocycles. The highest BCUT2D eigenvalue weighted by molar-refractivity contribution is 7.14. The quantitative estimate of drug-likeness (QED) is 0.161. The summed E-state index contributed by atoms with van der Waals surface area (Å²) in [5, 5.41) is 19.8. The molecular formula is C29H27N3O3S. The molecule has 6 nitrogen and oxygen atoms in total. The van der Waals surface area contributed by atoms with Crippen LogP contribution < -0.4 is 5.32 Å². The van der Waals surface area contributed by atoms with Gasteiger partial charge in [-0.2, -0.15) is 0 Å². The highest BCUT2D eigenvalue weighted by atomic mass is 32.1. The van der Waals surface area contributed by atoms with Gasteiger partial charge in [0.05, 0.1) is 0 Å². The molecule has 7 heteroatoms. The van der Waals surface area contributed by atoms with Crippen LogP contribution in [0.3, 0.4) is 0 Å². The molecule has 0 bridgehead atoms. The molecule has 5 rings (SSSR count). The molecule has 4 aromatic rings. The van der Waals surface area contributed by atoms with Crippen molar-refractivity contribution in [2.24, 2.45) is 5.16 Å². The van der Waals surface area contributed by atoms with Gasteiger partial charge < -0.3 is 15.3 Å². The van der Waals surface area contributed by atoms with Crippen LogP contribution in [0, 0.1) is 0 Å². The summed E-state index contributed by atoms with van der Waals surface area (Å²) in [5.74, 6) is -1.16. The zero-order valence-corrected chi connectivity index (χ0v) is 20.5. The Morgan fingerprint density at radius 3 is 1.86 bits per heavy atom. The SMILES string of the molecule is O=C(O)/C(=N/OC1CCCC1)c1csc(NC(c2ccccc2)(c2ccccc2)c2ccccc2)n1. The predicted octanol–water partition coefficient (Wildman–Crippen LogP) is 6.30. The van der Waals surface area contributed by atoms with Gasteiger partial charge in [-0.3, -0.25) is 0 Å². The van der Waals surface area contributed by atoms with Crippen molar-refractivity contribution < 1.29 is 14.7 Å². The van der Waals surface area contributed by atoms with Crippen LogP contribution in [0.5, 0.6) is 0 Å². The monoisotopic (exact) mass is 497 g/mol. The van der Waals surface area contributed by atoms with E-state index in [0.29, 0.717) is 5.13 Å². The van der Waals surface area contributed by atoms with E-state index in [0.717, 1.165) is 42.4 Å². The normalized spacial score (nSPS) is 14.5. The van der Waals surface area contributed by atoms with E-state index in [1.807, 2.05) is 54.6 Å². The predicted molar refractivity (Wildman–Crippen MR) is 142 cm³/mol. The van der Waals surface area contributed by atoms with Gasteiger partial charge in [0.1, 0.15) is 17.3 Å². The van der Waals surface area contributed by atoms with Crippen LogP contribution in [0.25, 0.3) is 0 Å². The highest BCUT2D eigenvalue weighted by Crippen LogP contribution is 2.40. The summed E-state index contributed by atoms with van der Waals surface area (Å²) < 4.78 is 0. The molecule has 1 fully saturated rings. The molecule has 3 aromatic carbocycles. The zero-order valence-electron chi connectivity index (χ0n) is 19.7. The fourth-order valence-corrected chi connectivity index (χ4v) is 5.45. The molecule has 36 heavy (non-hydrogen) atoms. The molecule has 0 aliphatic heterocycles. The van der Waals surface area contributed by atoms with Gasteiger partial charge in [0.25, 0.3) is 0 Å². The minimum absolute atomic E-state index is 0.0301. The number of benzene rings is 3. The summed E-state index contributed by atoms with van der Waals surface area (Å²) in [6, 6.07) is 30.6. The minimum Gasteiger partial charge on any atom is -0.476 e. The number of aliphatic carboxylic acids is 1. The third kappa shape index (κ3) is 4.88. The van der Waals surface area contributed by atoms with E-state index in [2.05, 4.69) is 51.9 Å². The van der Waals surface area contributed by atoms with Crippen molar-refractivity contribution in [3.63, 3.8) is 0 Å². The fourth-order valence-electron chi connectivity index (χ4n) is 4.70.